The molecule has 0 saturated carbocycles. The van der Waals surface area contributed by atoms with E-state index in [9.17, 15) is 13.6 Å². The van der Waals surface area contributed by atoms with Crippen molar-refractivity contribution in [3.8, 4) is 23.6 Å². The van der Waals surface area contributed by atoms with E-state index in [2.05, 4.69) is 4.98 Å². The van der Waals surface area contributed by atoms with Gasteiger partial charge in [-0.3, -0.25) is 4.79 Å². The van der Waals surface area contributed by atoms with Crippen molar-refractivity contribution in [1.29, 1.82) is 5.26 Å². The lowest BCUT2D eigenvalue weighted by Crippen LogP contribution is -2.44. The molecule has 3 aromatic rings. The number of likely N-dealkylation sites (tertiary alicyclic amines) is 1. The number of rotatable bonds is 5. The summed E-state index contributed by atoms with van der Waals surface area (Å²) < 4.78 is 40.7. The third-order valence-electron chi connectivity index (χ3n) is 5.38. The number of nitriles is 1. The summed E-state index contributed by atoms with van der Waals surface area (Å²) >= 11 is 0. The Labute approximate surface area is 190 Å². The summed E-state index contributed by atoms with van der Waals surface area (Å²) in [5.41, 5.74) is 0.600. The predicted molar refractivity (Wildman–Crippen MR) is 116 cm³/mol. The maximum Gasteiger partial charge on any atom is 0.259 e. The van der Waals surface area contributed by atoms with Gasteiger partial charge >= 0.3 is 0 Å². The van der Waals surface area contributed by atoms with E-state index in [-0.39, 0.29) is 29.6 Å². The minimum atomic E-state index is -0.952. The average molecular weight is 449 g/mol. The number of amides is 1. The van der Waals surface area contributed by atoms with Crippen LogP contribution in [0, 0.1) is 29.9 Å². The monoisotopic (exact) mass is 449 g/mol. The van der Waals surface area contributed by atoms with Crippen LogP contribution in [0.4, 0.5) is 8.78 Å². The fourth-order valence-electron chi connectivity index (χ4n) is 3.63. The Morgan fingerprint density at radius 2 is 1.88 bits per heavy atom. The number of nitrogens with zero attached hydrogens (tertiary/aromatic N) is 3. The minimum Gasteiger partial charge on any atom is -0.470 e. The molecule has 4 rings (SSSR count). The van der Waals surface area contributed by atoms with Gasteiger partial charge in [0.25, 0.3) is 17.7 Å². The molecule has 0 spiro atoms. The van der Waals surface area contributed by atoms with Crippen LogP contribution in [0.5, 0.6) is 17.5 Å². The van der Waals surface area contributed by atoms with Crippen molar-refractivity contribution in [3.63, 3.8) is 0 Å². The van der Waals surface area contributed by atoms with Crippen LogP contribution in [0.2, 0.25) is 0 Å². The van der Waals surface area contributed by atoms with Crippen LogP contribution in [0.1, 0.15) is 34.3 Å². The van der Waals surface area contributed by atoms with Crippen molar-refractivity contribution in [3.05, 3.63) is 82.9 Å². The zero-order valence-corrected chi connectivity index (χ0v) is 17.9. The summed E-state index contributed by atoms with van der Waals surface area (Å²) in [6.45, 7) is 2.09. The number of carbonyl (C=O) groups excluding carboxylic acids is 1. The van der Waals surface area contributed by atoms with Crippen molar-refractivity contribution < 1.29 is 23.0 Å². The molecule has 8 heteroatoms. The molecule has 1 fully saturated rings. The number of carbonyl (C=O) groups is 1. The number of halogens is 2. The molecule has 2 aromatic carbocycles. The van der Waals surface area contributed by atoms with Crippen LogP contribution in [0.3, 0.4) is 0 Å². The molecule has 2 heterocycles. The lowest BCUT2D eigenvalue weighted by molar-refractivity contribution is 0.0515. The van der Waals surface area contributed by atoms with Gasteiger partial charge in [0.1, 0.15) is 11.9 Å². The first-order chi connectivity index (χ1) is 16.0. The second-order valence-electron chi connectivity index (χ2n) is 7.72. The molecule has 1 amide bonds. The van der Waals surface area contributed by atoms with E-state index in [1.54, 1.807) is 41.3 Å². The van der Waals surface area contributed by atoms with Crippen molar-refractivity contribution in [2.24, 2.45) is 0 Å². The number of hydrogen-bond donors (Lipinski definition) is 0. The highest BCUT2D eigenvalue weighted by molar-refractivity contribution is 5.94. The van der Waals surface area contributed by atoms with Crippen molar-refractivity contribution >= 4 is 5.91 Å². The first kappa shape index (κ1) is 22.2. The van der Waals surface area contributed by atoms with Crippen LogP contribution in [0.25, 0.3) is 0 Å². The smallest absolute Gasteiger partial charge is 0.259 e. The standard InChI is InChI=1S/C25H21F2N3O3/c1-16-21(26)23(32-19-10-5-7-17(13-19)14-28)29-24(22(16)27)33-20-11-6-12-30(15-20)25(31)18-8-3-2-4-9-18/h2-5,7-10,13,20H,6,11-12,15H2,1H3. The molecule has 0 N–H and O–H groups in total. The van der Waals surface area contributed by atoms with Gasteiger partial charge < -0.3 is 14.4 Å². The molecule has 1 aromatic heterocycles. The van der Waals surface area contributed by atoms with Gasteiger partial charge in [-0.15, -0.1) is 0 Å². The molecule has 0 bridgehead atoms. The molecule has 0 radical (unpaired) electrons. The Morgan fingerprint density at radius 1 is 1.12 bits per heavy atom. The summed E-state index contributed by atoms with van der Waals surface area (Å²) in [5.74, 6) is -2.65. The lowest BCUT2D eigenvalue weighted by Gasteiger charge is -2.32. The number of ether oxygens (including phenoxy) is 2. The first-order valence-electron chi connectivity index (χ1n) is 10.5. The van der Waals surface area contributed by atoms with Crippen LogP contribution in [0.15, 0.2) is 54.6 Å². The fourth-order valence-corrected chi connectivity index (χ4v) is 3.63. The van der Waals surface area contributed by atoms with Gasteiger partial charge in [0, 0.05) is 17.7 Å². The maximum absolute atomic E-state index is 14.8. The average Bonchev–Trinajstić information content (AvgIpc) is 2.86. The molecule has 168 valence electrons. The maximum atomic E-state index is 14.8. The number of aromatic nitrogens is 1. The van der Waals surface area contributed by atoms with Crippen LogP contribution in [-0.2, 0) is 0 Å². The highest BCUT2D eigenvalue weighted by atomic mass is 19.1. The van der Waals surface area contributed by atoms with Crippen LogP contribution >= 0.6 is 0 Å². The van der Waals surface area contributed by atoms with Gasteiger partial charge in [-0.2, -0.15) is 10.2 Å². The van der Waals surface area contributed by atoms with Gasteiger partial charge in [-0.1, -0.05) is 24.3 Å². The molecular weight excluding hydrogens is 428 g/mol. The van der Waals surface area contributed by atoms with Gasteiger partial charge in [0.05, 0.1) is 18.2 Å². The lowest BCUT2D eigenvalue weighted by atomic mass is 10.1. The van der Waals surface area contributed by atoms with Crippen LogP contribution < -0.4 is 9.47 Å². The number of benzene rings is 2. The second-order valence-corrected chi connectivity index (χ2v) is 7.72. The van der Waals surface area contributed by atoms with E-state index < -0.39 is 23.6 Å². The molecule has 1 aliphatic heterocycles. The van der Waals surface area contributed by atoms with E-state index in [0.717, 1.165) is 0 Å². The third-order valence-corrected chi connectivity index (χ3v) is 5.38. The SMILES string of the molecule is Cc1c(F)c(Oc2cccc(C#N)c2)nc(OC2CCCN(C(=O)c3ccccc3)C2)c1F. The second kappa shape index (κ2) is 9.65. The number of pyridine rings is 1. The Balaban J connectivity index is 1.53. The van der Waals surface area contributed by atoms with Crippen LogP contribution in [-0.4, -0.2) is 35.0 Å². The van der Waals surface area contributed by atoms with Gasteiger partial charge in [-0.05, 0) is 50.1 Å². The third kappa shape index (κ3) is 4.93. The van der Waals surface area contributed by atoms with Gasteiger partial charge in [-0.25, -0.2) is 8.78 Å². The predicted octanol–water partition coefficient (Wildman–Crippen LogP) is 5.02. The highest BCUT2D eigenvalue weighted by Crippen LogP contribution is 2.32. The summed E-state index contributed by atoms with van der Waals surface area (Å²) in [5, 5.41) is 9.03. The van der Waals surface area contributed by atoms with E-state index in [1.165, 1.54) is 19.1 Å². The summed E-state index contributed by atoms with van der Waals surface area (Å²) in [4.78, 5) is 18.3. The number of piperidine rings is 1. The topological polar surface area (TPSA) is 75.5 Å². The largest absolute Gasteiger partial charge is 0.470 e. The number of hydrogen-bond acceptors (Lipinski definition) is 5. The van der Waals surface area contributed by atoms with E-state index >= 15 is 0 Å². The quantitative estimate of drug-likeness (QED) is 0.547. The Kier molecular flexibility index (Phi) is 6.50. The van der Waals surface area contributed by atoms with Crippen molar-refractivity contribution in [2.45, 2.75) is 25.9 Å². The Morgan fingerprint density at radius 3 is 2.64 bits per heavy atom. The van der Waals surface area contributed by atoms with Gasteiger partial charge in [0.15, 0.2) is 11.6 Å². The molecule has 0 aliphatic carbocycles. The molecule has 1 aliphatic rings. The summed E-state index contributed by atoms with van der Waals surface area (Å²) in [7, 11) is 0. The molecule has 1 atom stereocenters. The molecular formula is C25H21F2N3O3. The summed E-state index contributed by atoms with van der Waals surface area (Å²) in [6, 6.07) is 17.0. The van der Waals surface area contributed by atoms with E-state index in [4.69, 9.17) is 14.7 Å². The molecule has 1 unspecified atom stereocenters. The van der Waals surface area contributed by atoms with E-state index in [0.29, 0.717) is 30.5 Å². The zero-order chi connectivity index (χ0) is 23.4. The van der Waals surface area contributed by atoms with E-state index in [1.807, 2.05) is 12.1 Å². The Bertz CT molecular complexity index is 1210. The Hall–Kier alpha value is -3.99. The van der Waals surface area contributed by atoms with Crippen molar-refractivity contribution in [1.82, 2.24) is 9.88 Å². The fraction of sp³-hybridized carbons (Fsp3) is 0.240. The zero-order valence-electron chi connectivity index (χ0n) is 17.9. The molecule has 6 nitrogen and oxygen atoms in total. The summed E-state index contributed by atoms with van der Waals surface area (Å²) in [6.07, 6.45) is 0.763. The van der Waals surface area contributed by atoms with Gasteiger partial charge in [0.2, 0.25) is 0 Å². The minimum absolute atomic E-state index is 0.131. The highest BCUT2D eigenvalue weighted by Gasteiger charge is 2.28. The first-order valence-corrected chi connectivity index (χ1v) is 10.5. The molecule has 33 heavy (non-hydrogen) atoms. The van der Waals surface area contributed by atoms with Crippen molar-refractivity contribution in [2.75, 3.05) is 13.1 Å². The normalized spacial score (nSPS) is 15.6. The molecule has 1 saturated heterocycles.